The minimum absolute atomic E-state index is 0.0612. The fraction of sp³-hybridized carbons (Fsp3) is 0.214. The van der Waals surface area contributed by atoms with Crippen molar-refractivity contribution < 1.29 is 13.2 Å². The second-order valence-corrected chi connectivity index (χ2v) is 4.32. The van der Waals surface area contributed by atoms with Gasteiger partial charge in [0.2, 0.25) is 0 Å². The third kappa shape index (κ3) is 3.63. The van der Waals surface area contributed by atoms with E-state index >= 15 is 0 Å². The SMILES string of the molecule is Nc1ncc(C(F)(F)F)cc1NCCc1ccccc1. The van der Waals surface area contributed by atoms with E-state index < -0.39 is 11.7 Å². The average molecular weight is 281 g/mol. The summed E-state index contributed by atoms with van der Waals surface area (Å²) in [4.78, 5) is 3.57. The molecule has 20 heavy (non-hydrogen) atoms. The van der Waals surface area contributed by atoms with Gasteiger partial charge in [-0.15, -0.1) is 0 Å². The van der Waals surface area contributed by atoms with E-state index in [-0.39, 0.29) is 11.5 Å². The predicted molar refractivity (Wildman–Crippen MR) is 72.3 cm³/mol. The van der Waals surface area contributed by atoms with Gasteiger partial charge in [-0.25, -0.2) is 4.98 Å². The summed E-state index contributed by atoms with van der Waals surface area (Å²) in [6.45, 7) is 0.483. The molecule has 0 saturated heterocycles. The number of rotatable bonds is 4. The van der Waals surface area contributed by atoms with Crippen LogP contribution >= 0.6 is 0 Å². The molecule has 0 spiro atoms. The van der Waals surface area contributed by atoms with Crippen LogP contribution in [-0.2, 0) is 12.6 Å². The van der Waals surface area contributed by atoms with Crippen molar-refractivity contribution >= 4 is 11.5 Å². The number of aromatic nitrogens is 1. The van der Waals surface area contributed by atoms with Crippen LogP contribution in [0.4, 0.5) is 24.7 Å². The number of halogens is 3. The Kier molecular flexibility index (Phi) is 4.12. The lowest BCUT2D eigenvalue weighted by Gasteiger charge is -2.12. The molecule has 1 aromatic heterocycles. The zero-order chi connectivity index (χ0) is 14.6. The molecule has 2 rings (SSSR count). The van der Waals surface area contributed by atoms with Gasteiger partial charge in [-0.05, 0) is 18.1 Å². The number of anilines is 2. The van der Waals surface area contributed by atoms with Crippen LogP contribution in [0.2, 0.25) is 0 Å². The predicted octanol–water partition coefficient (Wildman–Crippen LogP) is 3.34. The molecule has 2 aromatic rings. The highest BCUT2D eigenvalue weighted by Crippen LogP contribution is 2.31. The lowest BCUT2D eigenvalue weighted by Crippen LogP contribution is -2.11. The van der Waals surface area contributed by atoms with Gasteiger partial charge < -0.3 is 11.1 Å². The fourth-order valence-electron chi connectivity index (χ4n) is 1.76. The van der Waals surface area contributed by atoms with Crippen molar-refractivity contribution in [2.75, 3.05) is 17.6 Å². The first kappa shape index (κ1) is 14.2. The molecule has 0 saturated carbocycles. The monoisotopic (exact) mass is 281 g/mol. The molecule has 0 aliphatic rings. The number of pyridine rings is 1. The summed E-state index contributed by atoms with van der Waals surface area (Å²) < 4.78 is 37.7. The topological polar surface area (TPSA) is 50.9 Å². The van der Waals surface area contributed by atoms with E-state index in [4.69, 9.17) is 5.73 Å². The summed E-state index contributed by atoms with van der Waals surface area (Å²) in [5.41, 5.74) is 6.06. The normalized spacial score (nSPS) is 11.3. The van der Waals surface area contributed by atoms with Crippen molar-refractivity contribution in [3.05, 3.63) is 53.7 Å². The van der Waals surface area contributed by atoms with Gasteiger partial charge in [0.1, 0.15) is 5.82 Å². The van der Waals surface area contributed by atoms with Gasteiger partial charge in [0.15, 0.2) is 0 Å². The molecule has 0 unspecified atom stereocenters. The Hall–Kier alpha value is -2.24. The van der Waals surface area contributed by atoms with E-state index in [1.807, 2.05) is 30.3 Å². The summed E-state index contributed by atoms with van der Waals surface area (Å²) >= 11 is 0. The molecule has 0 bridgehead atoms. The molecule has 0 fully saturated rings. The van der Waals surface area contributed by atoms with E-state index in [1.165, 1.54) is 0 Å². The number of hydrogen-bond acceptors (Lipinski definition) is 3. The van der Waals surface area contributed by atoms with Crippen LogP contribution in [0.3, 0.4) is 0 Å². The smallest absolute Gasteiger partial charge is 0.382 e. The quantitative estimate of drug-likeness (QED) is 0.903. The van der Waals surface area contributed by atoms with Gasteiger partial charge in [-0.1, -0.05) is 30.3 Å². The van der Waals surface area contributed by atoms with Gasteiger partial charge in [0, 0.05) is 12.7 Å². The van der Waals surface area contributed by atoms with Crippen LogP contribution in [-0.4, -0.2) is 11.5 Å². The zero-order valence-corrected chi connectivity index (χ0v) is 10.6. The molecule has 1 aromatic carbocycles. The second-order valence-electron chi connectivity index (χ2n) is 4.32. The number of hydrogen-bond donors (Lipinski definition) is 2. The summed E-state index contributed by atoms with van der Waals surface area (Å²) in [6.07, 6.45) is -3.00. The summed E-state index contributed by atoms with van der Waals surface area (Å²) in [6, 6.07) is 10.6. The Morgan fingerprint density at radius 1 is 1.15 bits per heavy atom. The third-order valence-corrected chi connectivity index (χ3v) is 2.82. The fourth-order valence-corrected chi connectivity index (χ4v) is 1.76. The molecule has 0 aliphatic heterocycles. The van der Waals surface area contributed by atoms with Crippen LogP contribution in [0.1, 0.15) is 11.1 Å². The Bertz CT molecular complexity index is 568. The Morgan fingerprint density at radius 2 is 1.85 bits per heavy atom. The molecule has 0 radical (unpaired) electrons. The van der Waals surface area contributed by atoms with Crippen LogP contribution in [0, 0.1) is 0 Å². The highest BCUT2D eigenvalue weighted by molar-refractivity contribution is 5.62. The molecule has 0 amide bonds. The number of nitrogen functional groups attached to an aromatic ring is 1. The summed E-state index contributed by atoms with van der Waals surface area (Å²) in [5.74, 6) is 0.0612. The molecular weight excluding hydrogens is 267 g/mol. The van der Waals surface area contributed by atoms with Crippen LogP contribution < -0.4 is 11.1 Å². The minimum atomic E-state index is -4.42. The van der Waals surface area contributed by atoms with E-state index in [1.54, 1.807) is 0 Å². The highest BCUT2D eigenvalue weighted by atomic mass is 19.4. The second kappa shape index (κ2) is 5.81. The average Bonchev–Trinajstić information content (AvgIpc) is 2.41. The van der Waals surface area contributed by atoms with Gasteiger partial charge in [-0.2, -0.15) is 13.2 Å². The van der Waals surface area contributed by atoms with Crippen molar-refractivity contribution in [3.63, 3.8) is 0 Å². The standard InChI is InChI=1S/C14H14F3N3/c15-14(16,17)11-8-12(13(18)20-9-11)19-7-6-10-4-2-1-3-5-10/h1-5,8-9,19H,6-7H2,(H2,18,20). The van der Waals surface area contributed by atoms with Crippen molar-refractivity contribution in [3.8, 4) is 0 Å². The van der Waals surface area contributed by atoms with Gasteiger partial charge in [0.25, 0.3) is 0 Å². The first-order valence-electron chi connectivity index (χ1n) is 6.07. The lowest BCUT2D eigenvalue weighted by molar-refractivity contribution is -0.137. The van der Waals surface area contributed by atoms with E-state index in [0.29, 0.717) is 13.0 Å². The van der Waals surface area contributed by atoms with Crippen LogP contribution in [0.15, 0.2) is 42.6 Å². The maximum absolute atomic E-state index is 12.6. The van der Waals surface area contributed by atoms with Crippen molar-refractivity contribution in [2.45, 2.75) is 12.6 Å². The lowest BCUT2D eigenvalue weighted by atomic mass is 10.1. The maximum atomic E-state index is 12.6. The molecule has 1 heterocycles. The molecular formula is C14H14F3N3. The van der Waals surface area contributed by atoms with Gasteiger partial charge >= 0.3 is 6.18 Å². The van der Waals surface area contributed by atoms with E-state index in [0.717, 1.165) is 17.8 Å². The number of alkyl halides is 3. The molecule has 0 atom stereocenters. The molecule has 0 aliphatic carbocycles. The van der Waals surface area contributed by atoms with Crippen molar-refractivity contribution in [1.82, 2.24) is 4.98 Å². The van der Waals surface area contributed by atoms with Gasteiger partial charge in [0.05, 0.1) is 11.3 Å². The third-order valence-electron chi connectivity index (χ3n) is 2.82. The van der Waals surface area contributed by atoms with Crippen molar-refractivity contribution in [1.29, 1.82) is 0 Å². The summed E-state index contributed by atoms with van der Waals surface area (Å²) in [5, 5.41) is 2.89. The highest BCUT2D eigenvalue weighted by Gasteiger charge is 2.31. The van der Waals surface area contributed by atoms with E-state index in [9.17, 15) is 13.2 Å². The molecule has 3 N–H and O–H groups in total. The van der Waals surface area contributed by atoms with Crippen LogP contribution in [0.25, 0.3) is 0 Å². The number of nitrogens with one attached hydrogen (secondary N) is 1. The first-order chi connectivity index (χ1) is 9.47. The Morgan fingerprint density at radius 3 is 2.50 bits per heavy atom. The van der Waals surface area contributed by atoms with Crippen molar-refractivity contribution in [2.24, 2.45) is 0 Å². The molecule has 106 valence electrons. The Labute approximate surface area is 114 Å². The molecule has 6 heteroatoms. The van der Waals surface area contributed by atoms with E-state index in [2.05, 4.69) is 10.3 Å². The number of benzene rings is 1. The zero-order valence-electron chi connectivity index (χ0n) is 10.6. The van der Waals surface area contributed by atoms with Gasteiger partial charge in [-0.3, -0.25) is 0 Å². The number of nitrogens with zero attached hydrogens (tertiary/aromatic N) is 1. The first-order valence-corrected chi connectivity index (χ1v) is 6.07. The number of nitrogens with two attached hydrogens (primary N) is 1. The largest absolute Gasteiger partial charge is 0.417 e. The Balaban J connectivity index is 2.02. The molecule has 3 nitrogen and oxygen atoms in total. The van der Waals surface area contributed by atoms with Crippen LogP contribution in [0.5, 0.6) is 0 Å². The summed E-state index contributed by atoms with van der Waals surface area (Å²) in [7, 11) is 0. The maximum Gasteiger partial charge on any atom is 0.417 e. The minimum Gasteiger partial charge on any atom is -0.382 e.